The number of quaternary nitrogens is 1. The minimum Gasteiger partial charge on any atom is -0.477 e. The lowest BCUT2D eigenvalue weighted by molar-refractivity contribution is -0.887. The van der Waals surface area contributed by atoms with Crippen molar-refractivity contribution in [1.82, 2.24) is 0 Å². The molecule has 0 amide bonds. The fourth-order valence-corrected chi connectivity index (χ4v) is 5.77. The van der Waals surface area contributed by atoms with E-state index in [4.69, 9.17) is 14.2 Å². The number of nitrogens with zero attached hydrogens (tertiary/aromatic N) is 1. The van der Waals surface area contributed by atoms with E-state index >= 15 is 0 Å². The number of aliphatic carboxylic acids is 1. The van der Waals surface area contributed by atoms with Crippen LogP contribution in [0.3, 0.4) is 0 Å². The average Bonchev–Trinajstić information content (AvgIpc) is 3.12. The Morgan fingerprint density at radius 1 is 0.574 bits per heavy atom. The fourth-order valence-electron chi connectivity index (χ4n) is 5.77. The van der Waals surface area contributed by atoms with Crippen molar-refractivity contribution < 1.29 is 38.2 Å². The van der Waals surface area contributed by atoms with Crippen LogP contribution in [-0.2, 0) is 28.6 Å². The third-order valence-corrected chi connectivity index (χ3v) is 9.03. The van der Waals surface area contributed by atoms with Gasteiger partial charge in [-0.05, 0) is 32.1 Å². The highest BCUT2D eigenvalue weighted by atomic mass is 16.6. The van der Waals surface area contributed by atoms with Crippen LogP contribution in [-0.4, -0.2) is 80.6 Å². The van der Waals surface area contributed by atoms with Crippen molar-refractivity contribution in [3.63, 3.8) is 0 Å². The van der Waals surface area contributed by atoms with Crippen molar-refractivity contribution in [2.45, 2.75) is 161 Å². The van der Waals surface area contributed by atoms with Gasteiger partial charge in [-0.25, -0.2) is 4.79 Å². The molecule has 0 bridgehead atoms. The second kappa shape index (κ2) is 36.7. The summed E-state index contributed by atoms with van der Waals surface area (Å²) in [7, 11) is 5.50. The number of carbonyl (C=O) groups excluding carboxylic acids is 2. The molecular formula is C46H78NO7+. The van der Waals surface area contributed by atoms with Gasteiger partial charge >= 0.3 is 17.9 Å². The van der Waals surface area contributed by atoms with Crippen LogP contribution in [0.5, 0.6) is 0 Å². The molecule has 0 fully saturated rings. The molecule has 0 saturated carbocycles. The van der Waals surface area contributed by atoms with Crippen LogP contribution in [0.1, 0.15) is 149 Å². The second-order valence-corrected chi connectivity index (χ2v) is 15.0. The van der Waals surface area contributed by atoms with E-state index in [1.54, 1.807) is 0 Å². The molecule has 2 atom stereocenters. The average molecular weight is 757 g/mol. The highest BCUT2D eigenvalue weighted by molar-refractivity contribution is 5.72. The van der Waals surface area contributed by atoms with Crippen molar-refractivity contribution in [2.75, 3.05) is 41.0 Å². The first-order chi connectivity index (χ1) is 26.1. The molecule has 1 N–H and O–H groups in total. The lowest BCUT2D eigenvalue weighted by Gasteiger charge is -2.31. The number of rotatable bonds is 36. The smallest absolute Gasteiger partial charge is 0.362 e. The van der Waals surface area contributed by atoms with Crippen LogP contribution >= 0.6 is 0 Å². The van der Waals surface area contributed by atoms with Gasteiger partial charge in [0.05, 0.1) is 34.4 Å². The van der Waals surface area contributed by atoms with Gasteiger partial charge in [0.2, 0.25) is 0 Å². The molecule has 0 saturated heterocycles. The molecule has 0 heterocycles. The van der Waals surface area contributed by atoms with Gasteiger partial charge in [-0.2, -0.15) is 0 Å². The lowest BCUT2D eigenvalue weighted by Crippen LogP contribution is -2.50. The Balaban J connectivity index is 4.48. The minimum absolute atomic E-state index is 0.0443. The van der Waals surface area contributed by atoms with Crippen LogP contribution in [0.4, 0.5) is 0 Å². The summed E-state index contributed by atoms with van der Waals surface area (Å²) in [5.74, 6) is -1.53. The lowest BCUT2D eigenvalue weighted by atomic mass is 10.0. The number of carbonyl (C=O) groups is 3. The zero-order valence-corrected chi connectivity index (χ0v) is 34.9. The summed E-state index contributed by atoms with van der Waals surface area (Å²) in [5.41, 5.74) is 0. The maximum Gasteiger partial charge on any atom is 0.362 e. The van der Waals surface area contributed by atoms with E-state index in [1.165, 1.54) is 64.2 Å². The minimum atomic E-state index is -0.884. The summed E-state index contributed by atoms with van der Waals surface area (Å²) in [6.45, 7) is 4.53. The highest BCUT2D eigenvalue weighted by Gasteiger charge is 2.31. The van der Waals surface area contributed by atoms with Crippen LogP contribution < -0.4 is 0 Å². The van der Waals surface area contributed by atoms with Crippen molar-refractivity contribution in [2.24, 2.45) is 0 Å². The van der Waals surface area contributed by atoms with E-state index in [0.29, 0.717) is 19.3 Å². The monoisotopic (exact) mass is 757 g/mol. The van der Waals surface area contributed by atoms with Gasteiger partial charge in [0.1, 0.15) is 6.61 Å². The molecular weight excluding hydrogens is 679 g/mol. The zero-order valence-electron chi connectivity index (χ0n) is 34.9. The van der Waals surface area contributed by atoms with Crippen molar-refractivity contribution in [1.29, 1.82) is 0 Å². The maximum atomic E-state index is 12.7. The molecule has 0 rings (SSSR count). The number of hydrogen-bond donors (Lipinski definition) is 1. The summed E-state index contributed by atoms with van der Waals surface area (Å²) in [6.07, 6.45) is 45.1. The Kier molecular flexibility index (Phi) is 34.5. The first kappa shape index (κ1) is 50.8. The second-order valence-electron chi connectivity index (χ2n) is 15.0. The van der Waals surface area contributed by atoms with Gasteiger partial charge in [-0.1, -0.05) is 170 Å². The molecule has 0 aliphatic heterocycles. The van der Waals surface area contributed by atoms with Crippen LogP contribution in [0.25, 0.3) is 0 Å². The van der Waals surface area contributed by atoms with Gasteiger partial charge in [-0.3, -0.25) is 9.59 Å². The van der Waals surface area contributed by atoms with E-state index in [9.17, 15) is 19.5 Å². The van der Waals surface area contributed by atoms with Gasteiger partial charge < -0.3 is 23.8 Å². The molecule has 54 heavy (non-hydrogen) atoms. The standard InChI is InChI=1S/C46H77NO7/c1-6-8-10-12-14-16-18-20-21-22-23-25-26-28-30-32-34-36-44(48)53-41-42(40-52-39-38-43(46(50)51)47(3,4)5)54-45(49)37-35-33-31-29-27-24-19-17-15-13-11-9-7-2/h8,10,12,14,16,18,20-23,25-26,42-43H,6-7,9,11,13,15,17,19,24,27-41H2,1-5H3/p+1/b10-8+,14-12+,18-16+,21-20+,23-22+,26-25+. The number of allylic oxidation sites excluding steroid dienone is 12. The predicted molar refractivity (Wildman–Crippen MR) is 224 cm³/mol. The quantitative estimate of drug-likeness (QED) is 0.0294. The van der Waals surface area contributed by atoms with E-state index < -0.39 is 18.1 Å². The van der Waals surface area contributed by atoms with E-state index in [1.807, 2.05) is 81.9 Å². The fraction of sp³-hybridized carbons (Fsp3) is 0.674. The molecule has 308 valence electrons. The van der Waals surface area contributed by atoms with Gasteiger partial charge in [0, 0.05) is 19.3 Å². The third kappa shape index (κ3) is 34.5. The Hall–Kier alpha value is -3.23. The number of hydrogen-bond acceptors (Lipinski definition) is 6. The number of unbranched alkanes of at least 4 members (excludes halogenated alkanes) is 15. The van der Waals surface area contributed by atoms with E-state index in [-0.39, 0.29) is 36.2 Å². The molecule has 8 nitrogen and oxygen atoms in total. The first-order valence-electron chi connectivity index (χ1n) is 21.1. The molecule has 2 unspecified atom stereocenters. The van der Waals surface area contributed by atoms with Gasteiger partial charge in [0.15, 0.2) is 12.1 Å². The molecule has 0 spiro atoms. The summed E-state index contributed by atoms with van der Waals surface area (Å²) >= 11 is 0. The number of carboxylic acid groups (broad SMARTS) is 1. The van der Waals surface area contributed by atoms with Crippen LogP contribution in [0.15, 0.2) is 72.9 Å². The molecule has 8 heteroatoms. The molecule has 0 aromatic carbocycles. The SMILES string of the molecule is CC/C=C/C=C/C=C/C=C/C=C/C=C/CCCCCC(=O)OCC(COCCC(C(=O)O)[N+](C)(C)C)OC(=O)CCCCCCCCCCCCCCC. The van der Waals surface area contributed by atoms with E-state index in [0.717, 1.165) is 51.4 Å². The first-order valence-corrected chi connectivity index (χ1v) is 21.1. The molecule has 0 aliphatic rings. The normalized spacial score (nSPS) is 13.7. The van der Waals surface area contributed by atoms with E-state index in [2.05, 4.69) is 26.0 Å². The van der Waals surface area contributed by atoms with Crippen molar-refractivity contribution >= 4 is 17.9 Å². The summed E-state index contributed by atoms with van der Waals surface area (Å²) in [6, 6.07) is -0.623. The maximum absolute atomic E-state index is 12.7. The van der Waals surface area contributed by atoms with Crippen molar-refractivity contribution in [3.8, 4) is 0 Å². The Morgan fingerprint density at radius 3 is 1.54 bits per heavy atom. The summed E-state index contributed by atoms with van der Waals surface area (Å²) in [5, 5.41) is 9.60. The predicted octanol–water partition coefficient (Wildman–Crippen LogP) is 11.2. The van der Waals surface area contributed by atoms with Crippen LogP contribution in [0.2, 0.25) is 0 Å². The van der Waals surface area contributed by atoms with Gasteiger partial charge in [0.25, 0.3) is 0 Å². The Labute approximate surface area is 330 Å². The number of carboxylic acids is 1. The zero-order chi connectivity index (χ0) is 40.0. The summed E-state index contributed by atoms with van der Waals surface area (Å²) < 4.78 is 17.2. The third-order valence-electron chi connectivity index (χ3n) is 9.03. The number of esters is 2. The molecule has 0 aliphatic carbocycles. The van der Waals surface area contributed by atoms with Crippen molar-refractivity contribution in [3.05, 3.63) is 72.9 Å². The Bertz CT molecular complexity index is 1110. The molecule has 0 radical (unpaired) electrons. The topological polar surface area (TPSA) is 99.1 Å². The highest BCUT2D eigenvalue weighted by Crippen LogP contribution is 2.14. The Morgan fingerprint density at radius 2 is 1.04 bits per heavy atom. The number of likely N-dealkylation sites (N-methyl/N-ethyl adjacent to an activating group) is 1. The molecule has 0 aromatic heterocycles. The largest absolute Gasteiger partial charge is 0.477 e. The van der Waals surface area contributed by atoms with Gasteiger partial charge in [-0.15, -0.1) is 0 Å². The molecule has 0 aromatic rings. The number of ether oxygens (including phenoxy) is 3. The van der Waals surface area contributed by atoms with Crippen LogP contribution in [0, 0.1) is 0 Å². The summed E-state index contributed by atoms with van der Waals surface area (Å²) in [4.78, 5) is 36.9.